The number of aliphatic carboxylic acids is 1. The van der Waals surface area contributed by atoms with E-state index in [1.807, 2.05) is 0 Å². The molecule has 72 valence electrons. The number of hydrogen-bond acceptors (Lipinski definition) is 3. The lowest BCUT2D eigenvalue weighted by Crippen LogP contribution is -2.09. The number of rotatable bonds is 2. The van der Waals surface area contributed by atoms with Gasteiger partial charge < -0.3 is 14.6 Å². The number of hydrogen-bond donors (Lipinski definition) is 2. The number of benzene rings is 1. The van der Waals surface area contributed by atoms with Crippen molar-refractivity contribution in [3.8, 4) is 0 Å². The number of para-hydroxylation sites is 1. The van der Waals surface area contributed by atoms with Crippen LogP contribution in [0.15, 0.2) is 34.9 Å². The molecule has 2 rings (SSSR count). The molecular formula is C10H8O4. The largest absolute Gasteiger partial charge is 0.479 e. The first-order valence-corrected chi connectivity index (χ1v) is 4.07. The zero-order chi connectivity index (χ0) is 10.1. The number of aliphatic hydroxyl groups excluding tert-OH is 1. The van der Waals surface area contributed by atoms with Crippen molar-refractivity contribution in [2.75, 3.05) is 0 Å². The van der Waals surface area contributed by atoms with Crippen molar-refractivity contribution in [1.29, 1.82) is 0 Å². The molecule has 0 spiro atoms. The summed E-state index contributed by atoms with van der Waals surface area (Å²) in [7, 11) is 0. The highest BCUT2D eigenvalue weighted by Gasteiger charge is 2.20. The lowest BCUT2D eigenvalue weighted by Gasteiger charge is -2.01. The fourth-order valence-corrected chi connectivity index (χ4v) is 1.34. The Morgan fingerprint density at radius 1 is 1.36 bits per heavy atom. The number of furan rings is 1. The van der Waals surface area contributed by atoms with E-state index in [1.54, 1.807) is 24.3 Å². The van der Waals surface area contributed by atoms with Crippen molar-refractivity contribution in [3.05, 3.63) is 36.1 Å². The zero-order valence-electron chi connectivity index (χ0n) is 7.18. The van der Waals surface area contributed by atoms with E-state index in [2.05, 4.69) is 0 Å². The van der Waals surface area contributed by atoms with Crippen molar-refractivity contribution >= 4 is 16.9 Å². The summed E-state index contributed by atoms with van der Waals surface area (Å²) in [6, 6.07) is 6.96. The molecule has 14 heavy (non-hydrogen) atoms. The van der Waals surface area contributed by atoms with Gasteiger partial charge in [-0.15, -0.1) is 0 Å². The van der Waals surface area contributed by atoms with Gasteiger partial charge in [0.15, 0.2) is 6.10 Å². The van der Waals surface area contributed by atoms with Crippen LogP contribution in [0.3, 0.4) is 0 Å². The summed E-state index contributed by atoms with van der Waals surface area (Å²) in [6.45, 7) is 0. The summed E-state index contributed by atoms with van der Waals surface area (Å²) in [5, 5.41) is 18.6. The van der Waals surface area contributed by atoms with Crippen LogP contribution in [0, 0.1) is 0 Å². The molecule has 0 fully saturated rings. The van der Waals surface area contributed by atoms with E-state index in [0.717, 1.165) is 0 Å². The molecule has 4 heteroatoms. The molecule has 1 aromatic carbocycles. The molecule has 2 aromatic rings. The van der Waals surface area contributed by atoms with Gasteiger partial charge in [0.25, 0.3) is 0 Å². The van der Waals surface area contributed by atoms with Crippen LogP contribution >= 0.6 is 0 Å². The zero-order valence-corrected chi connectivity index (χ0v) is 7.18. The minimum absolute atomic E-state index is 0.285. The Morgan fingerprint density at radius 3 is 2.79 bits per heavy atom. The summed E-state index contributed by atoms with van der Waals surface area (Å²) >= 11 is 0. The number of fused-ring (bicyclic) bond motifs is 1. The summed E-state index contributed by atoms with van der Waals surface area (Å²) in [5.41, 5.74) is 0.857. The van der Waals surface area contributed by atoms with Crippen molar-refractivity contribution < 1.29 is 19.4 Å². The molecule has 0 saturated carbocycles. The van der Waals surface area contributed by atoms with Crippen molar-refractivity contribution in [2.24, 2.45) is 0 Å². The van der Waals surface area contributed by atoms with E-state index in [4.69, 9.17) is 9.52 Å². The molecule has 0 saturated heterocycles. The van der Waals surface area contributed by atoms with Crippen LogP contribution in [0.5, 0.6) is 0 Å². The van der Waals surface area contributed by atoms with Crippen LogP contribution in [0.25, 0.3) is 11.0 Å². The lowest BCUT2D eigenvalue weighted by molar-refractivity contribution is -0.146. The molecule has 0 aliphatic heterocycles. The highest BCUT2D eigenvalue weighted by atomic mass is 16.4. The SMILES string of the molecule is O=C(O)C(O)c1coc2ccccc12. The lowest BCUT2D eigenvalue weighted by atomic mass is 10.1. The van der Waals surface area contributed by atoms with Gasteiger partial charge in [0.2, 0.25) is 0 Å². The first kappa shape index (κ1) is 8.77. The molecule has 1 unspecified atom stereocenters. The smallest absolute Gasteiger partial charge is 0.337 e. The Kier molecular flexibility index (Phi) is 1.98. The molecule has 1 atom stereocenters. The van der Waals surface area contributed by atoms with Gasteiger partial charge in [-0.25, -0.2) is 4.79 Å². The van der Waals surface area contributed by atoms with Gasteiger partial charge in [-0.2, -0.15) is 0 Å². The van der Waals surface area contributed by atoms with Gasteiger partial charge in [0.1, 0.15) is 5.58 Å². The van der Waals surface area contributed by atoms with E-state index < -0.39 is 12.1 Å². The molecule has 0 bridgehead atoms. The summed E-state index contributed by atoms with van der Waals surface area (Å²) in [5.74, 6) is -1.28. The molecule has 4 nitrogen and oxygen atoms in total. The second-order valence-corrected chi connectivity index (χ2v) is 2.93. The standard InChI is InChI=1S/C10H8O4/c11-9(10(12)13)7-5-14-8-4-2-1-3-6(7)8/h1-5,9,11H,(H,12,13). The van der Waals surface area contributed by atoms with Gasteiger partial charge in [0.05, 0.1) is 6.26 Å². The van der Waals surface area contributed by atoms with Crippen LogP contribution < -0.4 is 0 Å². The maximum absolute atomic E-state index is 10.5. The number of carboxylic acids is 1. The average molecular weight is 192 g/mol. The van der Waals surface area contributed by atoms with E-state index >= 15 is 0 Å². The average Bonchev–Trinajstić information content (AvgIpc) is 2.60. The third kappa shape index (κ3) is 1.25. The minimum atomic E-state index is -1.53. The van der Waals surface area contributed by atoms with Gasteiger partial charge in [0, 0.05) is 10.9 Å². The van der Waals surface area contributed by atoms with Gasteiger partial charge in [-0.05, 0) is 6.07 Å². The molecule has 0 aliphatic rings. The highest BCUT2D eigenvalue weighted by Crippen LogP contribution is 2.26. The Morgan fingerprint density at radius 2 is 2.07 bits per heavy atom. The maximum atomic E-state index is 10.5. The summed E-state index contributed by atoms with van der Waals surface area (Å²) < 4.78 is 5.10. The fourth-order valence-electron chi connectivity index (χ4n) is 1.34. The third-order valence-corrected chi connectivity index (χ3v) is 2.04. The topological polar surface area (TPSA) is 70.7 Å². The van der Waals surface area contributed by atoms with Gasteiger partial charge in [-0.3, -0.25) is 0 Å². The molecular weight excluding hydrogens is 184 g/mol. The highest BCUT2D eigenvalue weighted by molar-refractivity contribution is 5.86. The molecule has 0 amide bonds. The molecule has 1 heterocycles. The Bertz CT molecular complexity index is 472. The van der Waals surface area contributed by atoms with Gasteiger partial charge in [-0.1, -0.05) is 18.2 Å². The molecule has 0 radical (unpaired) electrons. The Balaban J connectivity index is 2.58. The predicted molar refractivity (Wildman–Crippen MR) is 48.8 cm³/mol. The van der Waals surface area contributed by atoms with E-state index in [9.17, 15) is 9.90 Å². The second kappa shape index (κ2) is 3.16. The van der Waals surface area contributed by atoms with Crippen LogP contribution in [-0.2, 0) is 4.79 Å². The molecule has 1 aromatic heterocycles. The molecule has 0 aliphatic carbocycles. The Labute approximate surface area is 79.4 Å². The normalized spacial score (nSPS) is 12.9. The monoisotopic (exact) mass is 192 g/mol. The first-order chi connectivity index (χ1) is 6.70. The van der Waals surface area contributed by atoms with Crippen LogP contribution in [0.2, 0.25) is 0 Å². The fraction of sp³-hybridized carbons (Fsp3) is 0.100. The van der Waals surface area contributed by atoms with Crippen molar-refractivity contribution in [3.63, 3.8) is 0 Å². The summed E-state index contributed by atoms with van der Waals surface area (Å²) in [4.78, 5) is 10.5. The van der Waals surface area contributed by atoms with E-state index in [0.29, 0.717) is 11.0 Å². The number of carbonyl (C=O) groups is 1. The quantitative estimate of drug-likeness (QED) is 0.757. The first-order valence-electron chi connectivity index (χ1n) is 4.07. The summed E-state index contributed by atoms with van der Waals surface area (Å²) in [6.07, 6.45) is -0.262. The van der Waals surface area contributed by atoms with Crippen molar-refractivity contribution in [2.45, 2.75) is 6.10 Å². The van der Waals surface area contributed by atoms with E-state index in [-0.39, 0.29) is 5.56 Å². The number of aliphatic hydroxyl groups is 1. The van der Waals surface area contributed by atoms with Crippen molar-refractivity contribution in [1.82, 2.24) is 0 Å². The van der Waals surface area contributed by atoms with Gasteiger partial charge >= 0.3 is 5.97 Å². The van der Waals surface area contributed by atoms with Crippen LogP contribution in [0.1, 0.15) is 11.7 Å². The minimum Gasteiger partial charge on any atom is -0.479 e. The number of carboxylic acid groups (broad SMARTS) is 1. The van der Waals surface area contributed by atoms with Crippen LogP contribution in [-0.4, -0.2) is 16.2 Å². The second-order valence-electron chi connectivity index (χ2n) is 2.93. The molecule has 2 N–H and O–H groups in total. The predicted octanol–water partition coefficient (Wildman–Crippen LogP) is 1.55. The third-order valence-electron chi connectivity index (χ3n) is 2.04. The van der Waals surface area contributed by atoms with Crippen LogP contribution in [0.4, 0.5) is 0 Å². The maximum Gasteiger partial charge on any atom is 0.337 e. The Hall–Kier alpha value is -1.81. The van der Waals surface area contributed by atoms with E-state index in [1.165, 1.54) is 6.26 Å².